The van der Waals surface area contributed by atoms with Crippen molar-refractivity contribution in [3.8, 4) is 11.4 Å². The lowest BCUT2D eigenvalue weighted by atomic mass is 10.3. The second-order valence-corrected chi connectivity index (χ2v) is 5.92. The first-order valence-electron chi connectivity index (χ1n) is 6.62. The molecule has 0 radical (unpaired) electrons. The average molecular weight is 377 g/mol. The van der Waals surface area contributed by atoms with Crippen molar-refractivity contribution >= 4 is 15.9 Å². The highest BCUT2D eigenvalue weighted by atomic mass is 79.9. The third kappa shape index (κ3) is 2.67. The number of aromatic nitrogens is 2. The molecule has 1 saturated carbocycles. The number of halogens is 4. The van der Waals surface area contributed by atoms with Crippen LogP contribution in [0.15, 0.2) is 33.5 Å². The Morgan fingerprint density at radius 1 is 1.27 bits per heavy atom. The zero-order chi connectivity index (χ0) is 16.1. The van der Waals surface area contributed by atoms with Crippen molar-refractivity contribution in [3.05, 3.63) is 44.8 Å². The fourth-order valence-electron chi connectivity index (χ4n) is 2.50. The van der Waals surface area contributed by atoms with Crippen LogP contribution in [0.25, 0.3) is 5.69 Å². The first-order chi connectivity index (χ1) is 10.3. The molecule has 0 spiro atoms. The Hall–Kier alpha value is -1.70. The summed E-state index contributed by atoms with van der Waals surface area (Å²) in [4.78, 5) is 12.4. The molecule has 1 aromatic carbocycles. The topological polar surface area (TPSA) is 36.2 Å². The minimum Gasteiger partial charge on any atom is -0.403 e. The third-order valence-electron chi connectivity index (χ3n) is 3.54. The summed E-state index contributed by atoms with van der Waals surface area (Å²) in [7, 11) is 1.66. The highest BCUT2D eigenvalue weighted by Crippen LogP contribution is 2.43. The van der Waals surface area contributed by atoms with Crippen molar-refractivity contribution in [1.29, 1.82) is 0 Å². The molecule has 1 aromatic heterocycles. The van der Waals surface area contributed by atoms with E-state index < -0.39 is 17.7 Å². The van der Waals surface area contributed by atoms with Gasteiger partial charge in [0, 0.05) is 13.0 Å². The van der Waals surface area contributed by atoms with E-state index in [1.54, 1.807) is 17.8 Å². The fourth-order valence-corrected chi connectivity index (χ4v) is 3.25. The van der Waals surface area contributed by atoms with Crippen molar-refractivity contribution in [2.45, 2.75) is 25.1 Å². The maximum Gasteiger partial charge on any atom is 0.573 e. The second kappa shape index (κ2) is 5.19. The van der Waals surface area contributed by atoms with Crippen molar-refractivity contribution < 1.29 is 17.9 Å². The van der Waals surface area contributed by atoms with Crippen molar-refractivity contribution in [2.75, 3.05) is 0 Å². The summed E-state index contributed by atoms with van der Waals surface area (Å²) in [5, 5.41) is 0. The predicted octanol–water partition coefficient (Wildman–Crippen LogP) is 3.71. The molecule has 8 heteroatoms. The maximum absolute atomic E-state index is 12.5. The zero-order valence-corrected chi connectivity index (χ0v) is 13.1. The van der Waals surface area contributed by atoms with Gasteiger partial charge in [-0.25, -0.2) is 4.68 Å². The monoisotopic (exact) mass is 376 g/mol. The van der Waals surface area contributed by atoms with Gasteiger partial charge in [0.2, 0.25) is 0 Å². The van der Waals surface area contributed by atoms with E-state index in [1.807, 2.05) is 0 Å². The highest BCUT2D eigenvalue weighted by molar-refractivity contribution is 9.10. The van der Waals surface area contributed by atoms with Gasteiger partial charge in [0.05, 0.1) is 5.69 Å². The molecule has 0 bridgehead atoms. The van der Waals surface area contributed by atoms with E-state index in [4.69, 9.17) is 0 Å². The number of rotatable bonds is 3. The SMILES string of the molecule is Cn1c(C2CC2)c(Br)c(=O)n1-c1ccccc1OC(F)(F)F. The largest absolute Gasteiger partial charge is 0.573 e. The molecule has 0 N–H and O–H groups in total. The van der Waals surface area contributed by atoms with Crippen molar-refractivity contribution in [2.24, 2.45) is 7.05 Å². The fraction of sp³-hybridized carbons (Fsp3) is 0.357. The van der Waals surface area contributed by atoms with E-state index in [-0.39, 0.29) is 11.6 Å². The Kier molecular flexibility index (Phi) is 3.58. The number of ether oxygens (including phenoxy) is 1. The van der Waals surface area contributed by atoms with E-state index in [0.717, 1.165) is 18.5 Å². The standard InChI is InChI=1S/C14H12BrF3N2O2/c1-19-12(8-6-7-8)11(15)13(21)20(19)9-4-2-3-5-10(9)22-14(16,17)18/h2-5,8H,6-7H2,1H3. The number of benzene rings is 1. The van der Waals surface area contributed by atoms with Crippen LogP contribution in [-0.4, -0.2) is 15.7 Å². The zero-order valence-electron chi connectivity index (χ0n) is 11.5. The molecule has 4 nitrogen and oxygen atoms in total. The Morgan fingerprint density at radius 2 is 1.91 bits per heavy atom. The van der Waals surface area contributed by atoms with Crippen LogP contribution in [0.5, 0.6) is 5.75 Å². The molecule has 22 heavy (non-hydrogen) atoms. The maximum atomic E-state index is 12.5. The van der Waals surface area contributed by atoms with E-state index in [0.29, 0.717) is 4.47 Å². The minimum absolute atomic E-state index is 0.0555. The van der Waals surface area contributed by atoms with Gasteiger partial charge in [-0.15, -0.1) is 13.2 Å². The van der Waals surface area contributed by atoms with Gasteiger partial charge in [-0.2, -0.15) is 0 Å². The molecule has 3 rings (SSSR count). The van der Waals surface area contributed by atoms with Gasteiger partial charge >= 0.3 is 6.36 Å². The quantitative estimate of drug-likeness (QED) is 0.818. The summed E-state index contributed by atoms with van der Waals surface area (Å²) in [6.45, 7) is 0. The number of nitrogens with zero attached hydrogens (tertiary/aromatic N) is 2. The van der Waals surface area contributed by atoms with Gasteiger partial charge in [-0.05, 0) is 40.9 Å². The van der Waals surface area contributed by atoms with Crippen LogP contribution < -0.4 is 10.3 Å². The van der Waals surface area contributed by atoms with Gasteiger partial charge in [-0.1, -0.05) is 12.1 Å². The Labute approximate surface area is 132 Å². The van der Waals surface area contributed by atoms with Crippen LogP contribution in [0.2, 0.25) is 0 Å². The number of para-hydroxylation sites is 2. The molecule has 118 valence electrons. The van der Waals surface area contributed by atoms with Gasteiger partial charge < -0.3 is 4.74 Å². The van der Waals surface area contributed by atoms with Crippen molar-refractivity contribution in [3.63, 3.8) is 0 Å². The Morgan fingerprint density at radius 3 is 2.50 bits per heavy atom. The minimum atomic E-state index is -4.82. The number of hydrogen-bond donors (Lipinski definition) is 0. The van der Waals surface area contributed by atoms with Crippen LogP contribution in [0, 0.1) is 0 Å². The normalized spacial score (nSPS) is 15.1. The Bertz CT molecular complexity index is 775. The lowest BCUT2D eigenvalue weighted by Gasteiger charge is -2.15. The second-order valence-electron chi connectivity index (χ2n) is 5.13. The van der Waals surface area contributed by atoms with Gasteiger partial charge in [0.15, 0.2) is 5.75 Å². The summed E-state index contributed by atoms with van der Waals surface area (Å²) in [6, 6.07) is 5.59. The smallest absolute Gasteiger partial charge is 0.403 e. The highest BCUT2D eigenvalue weighted by Gasteiger charge is 2.34. The summed E-state index contributed by atoms with van der Waals surface area (Å²) >= 11 is 3.26. The molecular weight excluding hydrogens is 365 g/mol. The molecular formula is C14H12BrF3N2O2. The number of hydrogen-bond acceptors (Lipinski definition) is 2. The summed E-state index contributed by atoms with van der Waals surface area (Å²) < 4.78 is 44.8. The average Bonchev–Trinajstić information content (AvgIpc) is 3.20. The summed E-state index contributed by atoms with van der Waals surface area (Å²) in [6.07, 6.45) is -2.88. The van der Waals surface area contributed by atoms with Gasteiger partial charge in [0.1, 0.15) is 10.2 Å². The molecule has 1 aliphatic rings. The Balaban J connectivity index is 2.17. The summed E-state index contributed by atoms with van der Waals surface area (Å²) in [5.74, 6) is -0.142. The van der Waals surface area contributed by atoms with Crippen molar-refractivity contribution in [1.82, 2.24) is 9.36 Å². The molecule has 0 aliphatic heterocycles. The predicted molar refractivity (Wildman–Crippen MR) is 77.4 cm³/mol. The van der Waals surface area contributed by atoms with Crippen LogP contribution in [-0.2, 0) is 7.05 Å². The van der Waals surface area contributed by atoms with Gasteiger partial charge in [0.25, 0.3) is 5.56 Å². The van der Waals surface area contributed by atoms with Crippen LogP contribution in [0.4, 0.5) is 13.2 Å². The molecule has 1 heterocycles. The molecule has 0 unspecified atom stereocenters. The lowest BCUT2D eigenvalue weighted by Crippen LogP contribution is -2.23. The third-order valence-corrected chi connectivity index (χ3v) is 4.28. The molecule has 1 aliphatic carbocycles. The first-order valence-corrected chi connectivity index (χ1v) is 7.41. The van der Waals surface area contributed by atoms with Gasteiger partial charge in [-0.3, -0.25) is 9.48 Å². The first kappa shape index (κ1) is 15.2. The molecule has 1 fully saturated rings. The number of alkyl halides is 3. The van der Waals surface area contributed by atoms with Crippen LogP contribution in [0.3, 0.4) is 0 Å². The van der Waals surface area contributed by atoms with E-state index in [9.17, 15) is 18.0 Å². The molecule has 2 aromatic rings. The molecule has 0 saturated heterocycles. The molecule has 0 atom stereocenters. The van der Waals surface area contributed by atoms with Crippen LogP contribution in [0.1, 0.15) is 24.5 Å². The van der Waals surface area contributed by atoms with E-state index in [2.05, 4.69) is 20.7 Å². The summed E-state index contributed by atoms with van der Waals surface area (Å²) in [5.41, 5.74) is 0.453. The van der Waals surface area contributed by atoms with Crippen LogP contribution >= 0.6 is 15.9 Å². The molecule has 0 amide bonds. The van der Waals surface area contributed by atoms with E-state index >= 15 is 0 Å². The lowest BCUT2D eigenvalue weighted by molar-refractivity contribution is -0.274. The van der Waals surface area contributed by atoms with E-state index in [1.165, 1.54) is 22.9 Å².